The third kappa shape index (κ3) is 3.78. The minimum Gasteiger partial charge on any atom is -0.494 e. The highest BCUT2D eigenvalue weighted by atomic mass is 19.1. The zero-order chi connectivity index (χ0) is 15.2. The molecule has 0 aliphatic carbocycles. The van der Waals surface area contributed by atoms with Crippen LogP contribution < -0.4 is 4.74 Å². The van der Waals surface area contributed by atoms with Gasteiger partial charge in [-0.3, -0.25) is 9.78 Å². The van der Waals surface area contributed by atoms with Crippen LogP contribution in [-0.2, 0) is 6.42 Å². The van der Waals surface area contributed by atoms with Crippen LogP contribution in [0, 0.1) is 5.82 Å². The van der Waals surface area contributed by atoms with Crippen molar-refractivity contribution in [2.45, 2.75) is 6.42 Å². The molecule has 1 aromatic carbocycles. The van der Waals surface area contributed by atoms with Gasteiger partial charge in [-0.2, -0.15) is 0 Å². The molecule has 1 aromatic heterocycles. The van der Waals surface area contributed by atoms with E-state index >= 15 is 0 Å². The fraction of sp³-hybridized carbons (Fsp3) is 0.250. The van der Waals surface area contributed by atoms with Crippen LogP contribution in [0.15, 0.2) is 42.7 Å². The van der Waals surface area contributed by atoms with Crippen molar-refractivity contribution in [3.8, 4) is 5.75 Å². The van der Waals surface area contributed by atoms with Gasteiger partial charge in [-0.15, -0.1) is 0 Å². The average Bonchev–Trinajstić information content (AvgIpc) is 2.53. The van der Waals surface area contributed by atoms with Gasteiger partial charge in [-0.1, -0.05) is 0 Å². The first-order chi connectivity index (χ1) is 10.1. The van der Waals surface area contributed by atoms with Gasteiger partial charge >= 0.3 is 0 Å². The molecule has 110 valence electrons. The topological polar surface area (TPSA) is 42.4 Å². The Morgan fingerprint density at radius 2 is 2.00 bits per heavy atom. The fourth-order valence-electron chi connectivity index (χ4n) is 1.96. The Balaban J connectivity index is 2.02. The maximum atomic E-state index is 13.3. The minimum atomic E-state index is -0.478. The summed E-state index contributed by atoms with van der Waals surface area (Å²) in [5.41, 5.74) is 1.52. The van der Waals surface area contributed by atoms with Gasteiger partial charge in [0.25, 0.3) is 5.91 Å². The molecule has 0 aliphatic rings. The van der Waals surface area contributed by atoms with Crippen LogP contribution in [0.1, 0.15) is 15.9 Å². The van der Waals surface area contributed by atoms with Crippen molar-refractivity contribution in [3.05, 3.63) is 59.7 Å². The lowest BCUT2D eigenvalue weighted by Crippen LogP contribution is -2.28. The van der Waals surface area contributed by atoms with E-state index in [4.69, 9.17) is 4.74 Å². The summed E-state index contributed by atoms with van der Waals surface area (Å²) in [5, 5.41) is 0. The van der Waals surface area contributed by atoms with E-state index in [0.29, 0.717) is 12.1 Å². The molecular formula is C16H17FN2O2. The molecule has 5 heteroatoms. The molecule has 0 atom stereocenters. The molecular weight excluding hydrogens is 271 g/mol. The van der Waals surface area contributed by atoms with Gasteiger partial charge in [0.15, 0.2) is 11.6 Å². The summed E-state index contributed by atoms with van der Waals surface area (Å²) in [5.74, 6) is -0.570. The predicted molar refractivity (Wildman–Crippen MR) is 77.9 cm³/mol. The summed E-state index contributed by atoms with van der Waals surface area (Å²) in [4.78, 5) is 17.8. The van der Waals surface area contributed by atoms with Crippen molar-refractivity contribution < 1.29 is 13.9 Å². The Morgan fingerprint density at radius 3 is 2.67 bits per heavy atom. The highest BCUT2D eigenvalue weighted by Crippen LogP contribution is 2.19. The largest absolute Gasteiger partial charge is 0.494 e. The number of aromatic nitrogens is 1. The number of rotatable bonds is 5. The number of nitrogens with zero attached hydrogens (tertiary/aromatic N) is 2. The normalized spacial score (nSPS) is 10.2. The van der Waals surface area contributed by atoms with Gasteiger partial charge in [0.1, 0.15) is 0 Å². The molecule has 0 bridgehead atoms. The van der Waals surface area contributed by atoms with Crippen LogP contribution in [0.5, 0.6) is 5.75 Å². The van der Waals surface area contributed by atoms with Gasteiger partial charge in [-0.25, -0.2) is 4.39 Å². The second-order valence-electron chi connectivity index (χ2n) is 4.68. The van der Waals surface area contributed by atoms with Gasteiger partial charge in [0.2, 0.25) is 0 Å². The number of hydrogen-bond acceptors (Lipinski definition) is 3. The van der Waals surface area contributed by atoms with Crippen LogP contribution in [0.3, 0.4) is 0 Å². The first kappa shape index (κ1) is 15.0. The lowest BCUT2D eigenvalue weighted by molar-refractivity contribution is 0.0796. The number of methoxy groups -OCH3 is 1. The second-order valence-corrected chi connectivity index (χ2v) is 4.68. The number of hydrogen-bond donors (Lipinski definition) is 0. The molecule has 0 fully saturated rings. The highest BCUT2D eigenvalue weighted by molar-refractivity contribution is 5.94. The van der Waals surface area contributed by atoms with Crippen molar-refractivity contribution in [3.63, 3.8) is 0 Å². The molecule has 1 heterocycles. The first-order valence-electron chi connectivity index (χ1n) is 6.59. The summed E-state index contributed by atoms with van der Waals surface area (Å²) in [6, 6.07) is 7.95. The zero-order valence-corrected chi connectivity index (χ0v) is 12.0. The standard InChI is InChI=1S/C16H17FN2O2/c1-19(10-7-12-5-8-18-9-6-12)16(20)13-3-4-14(17)15(11-13)21-2/h3-6,8-9,11H,7,10H2,1-2H3. The molecule has 0 saturated carbocycles. The third-order valence-electron chi connectivity index (χ3n) is 3.23. The van der Waals surface area contributed by atoms with E-state index in [1.54, 1.807) is 24.3 Å². The smallest absolute Gasteiger partial charge is 0.253 e. The zero-order valence-electron chi connectivity index (χ0n) is 12.0. The summed E-state index contributed by atoms with van der Waals surface area (Å²) < 4.78 is 18.2. The van der Waals surface area contributed by atoms with Gasteiger partial charge in [-0.05, 0) is 42.3 Å². The van der Waals surface area contributed by atoms with E-state index < -0.39 is 5.82 Å². The van der Waals surface area contributed by atoms with E-state index in [1.165, 1.54) is 25.3 Å². The number of pyridine rings is 1. The van der Waals surface area contributed by atoms with Crippen LogP contribution in [0.25, 0.3) is 0 Å². The number of ether oxygens (including phenoxy) is 1. The quantitative estimate of drug-likeness (QED) is 0.849. The molecule has 2 rings (SSSR count). The molecule has 0 radical (unpaired) electrons. The molecule has 4 nitrogen and oxygen atoms in total. The Morgan fingerprint density at radius 1 is 1.29 bits per heavy atom. The molecule has 0 saturated heterocycles. The molecule has 21 heavy (non-hydrogen) atoms. The Bertz CT molecular complexity index is 617. The van der Waals surface area contributed by atoms with Crippen LogP contribution in [0.2, 0.25) is 0 Å². The summed E-state index contributed by atoms with van der Waals surface area (Å²) >= 11 is 0. The van der Waals surface area contributed by atoms with Crippen molar-refractivity contribution >= 4 is 5.91 Å². The van der Waals surface area contributed by atoms with E-state index in [1.807, 2.05) is 12.1 Å². The molecule has 2 aromatic rings. The SMILES string of the molecule is COc1cc(C(=O)N(C)CCc2ccncc2)ccc1F. The van der Waals surface area contributed by atoms with Crippen LogP contribution in [0.4, 0.5) is 4.39 Å². The van der Waals surface area contributed by atoms with Crippen LogP contribution in [-0.4, -0.2) is 36.5 Å². The lowest BCUT2D eigenvalue weighted by Gasteiger charge is -2.17. The lowest BCUT2D eigenvalue weighted by atomic mass is 10.1. The first-order valence-corrected chi connectivity index (χ1v) is 6.59. The van der Waals surface area contributed by atoms with E-state index in [9.17, 15) is 9.18 Å². The maximum Gasteiger partial charge on any atom is 0.253 e. The average molecular weight is 288 g/mol. The Kier molecular flexibility index (Phi) is 4.87. The summed E-state index contributed by atoms with van der Waals surface area (Å²) in [6.45, 7) is 0.572. The number of benzene rings is 1. The number of amides is 1. The summed E-state index contributed by atoms with van der Waals surface area (Å²) in [6.07, 6.45) is 4.19. The molecule has 0 unspecified atom stereocenters. The van der Waals surface area contributed by atoms with Crippen molar-refractivity contribution in [1.29, 1.82) is 0 Å². The third-order valence-corrected chi connectivity index (χ3v) is 3.23. The van der Waals surface area contributed by atoms with Crippen molar-refractivity contribution in [2.24, 2.45) is 0 Å². The maximum absolute atomic E-state index is 13.3. The molecule has 1 amide bonds. The Labute approximate surface area is 123 Å². The predicted octanol–water partition coefficient (Wildman–Crippen LogP) is 2.54. The molecule has 0 spiro atoms. The Hall–Kier alpha value is -2.43. The summed E-state index contributed by atoms with van der Waals surface area (Å²) in [7, 11) is 3.10. The van der Waals surface area contributed by atoms with Gasteiger partial charge in [0, 0.05) is 31.5 Å². The van der Waals surface area contributed by atoms with E-state index in [2.05, 4.69) is 4.98 Å². The monoisotopic (exact) mass is 288 g/mol. The number of likely N-dealkylation sites (N-methyl/N-ethyl adjacent to an activating group) is 1. The van der Waals surface area contributed by atoms with E-state index in [0.717, 1.165) is 12.0 Å². The number of carbonyl (C=O) groups is 1. The van der Waals surface area contributed by atoms with Gasteiger partial charge in [0.05, 0.1) is 7.11 Å². The number of halogens is 1. The highest BCUT2D eigenvalue weighted by Gasteiger charge is 2.14. The van der Waals surface area contributed by atoms with Crippen molar-refractivity contribution in [2.75, 3.05) is 20.7 Å². The van der Waals surface area contributed by atoms with E-state index in [-0.39, 0.29) is 11.7 Å². The van der Waals surface area contributed by atoms with Gasteiger partial charge < -0.3 is 9.64 Å². The second kappa shape index (κ2) is 6.83. The minimum absolute atomic E-state index is 0.0726. The number of carbonyl (C=O) groups excluding carboxylic acids is 1. The van der Waals surface area contributed by atoms with Crippen LogP contribution >= 0.6 is 0 Å². The van der Waals surface area contributed by atoms with Crippen molar-refractivity contribution in [1.82, 2.24) is 9.88 Å². The molecule has 0 N–H and O–H groups in total. The fourth-order valence-corrected chi connectivity index (χ4v) is 1.96. The molecule has 0 aliphatic heterocycles.